The summed E-state index contributed by atoms with van der Waals surface area (Å²) in [6.07, 6.45) is 3.18. The summed E-state index contributed by atoms with van der Waals surface area (Å²) >= 11 is 12.1. The summed E-state index contributed by atoms with van der Waals surface area (Å²) < 4.78 is 25.9. The minimum absolute atomic E-state index is 0.0521. The molecule has 0 aliphatic heterocycles. The SMILES string of the molecule is CC1CCc2cc(CS(=O)(=O)c3ccc(NC(=O)NCc4cccc(Cl)c4Cl)cc3)ccc2C1. The number of sulfone groups is 1. The lowest BCUT2D eigenvalue weighted by atomic mass is 9.84. The molecule has 0 fully saturated rings. The third kappa shape index (κ3) is 5.93. The van der Waals surface area contributed by atoms with E-state index in [9.17, 15) is 13.2 Å². The van der Waals surface area contributed by atoms with Crippen LogP contribution < -0.4 is 10.6 Å². The van der Waals surface area contributed by atoms with Gasteiger partial charge in [-0.3, -0.25) is 0 Å². The maximum atomic E-state index is 13.0. The number of hydrogen-bond donors (Lipinski definition) is 2. The number of fused-ring (bicyclic) bond motifs is 1. The molecule has 1 atom stereocenters. The van der Waals surface area contributed by atoms with Crippen molar-refractivity contribution in [1.82, 2.24) is 5.32 Å². The zero-order valence-corrected chi connectivity index (χ0v) is 21.1. The van der Waals surface area contributed by atoms with E-state index in [-0.39, 0.29) is 17.2 Å². The van der Waals surface area contributed by atoms with Crippen LogP contribution in [0.1, 0.15) is 35.6 Å². The number of carbonyl (C=O) groups is 1. The molecule has 1 aliphatic rings. The average molecular weight is 517 g/mol. The molecule has 1 aliphatic carbocycles. The van der Waals surface area contributed by atoms with Crippen LogP contribution in [0.15, 0.2) is 65.6 Å². The van der Waals surface area contributed by atoms with Crippen molar-refractivity contribution in [3.05, 3.63) is 93.0 Å². The monoisotopic (exact) mass is 516 g/mol. The summed E-state index contributed by atoms with van der Waals surface area (Å²) in [7, 11) is -3.51. The molecule has 3 aromatic rings. The molecular weight excluding hydrogens is 491 g/mol. The van der Waals surface area contributed by atoms with Crippen molar-refractivity contribution < 1.29 is 13.2 Å². The Morgan fingerprint density at radius 2 is 1.79 bits per heavy atom. The number of benzene rings is 3. The molecule has 1 unspecified atom stereocenters. The van der Waals surface area contributed by atoms with Crippen LogP contribution in [-0.4, -0.2) is 14.4 Å². The highest BCUT2D eigenvalue weighted by molar-refractivity contribution is 7.90. The Kier molecular flexibility index (Phi) is 7.51. The van der Waals surface area contributed by atoms with Gasteiger partial charge in [0.05, 0.1) is 20.7 Å². The summed E-state index contributed by atoms with van der Waals surface area (Å²) in [5.74, 6) is 0.620. The molecule has 8 heteroatoms. The Bertz CT molecular complexity index is 1310. The van der Waals surface area contributed by atoms with Crippen LogP contribution in [0.4, 0.5) is 10.5 Å². The zero-order valence-electron chi connectivity index (χ0n) is 18.8. The predicted molar refractivity (Wildman–Crippen MR) is 137 cm³/mol. The van der Waals surface area contributed by atoms with Gasteiger partial charge in [0.15, 0.2) is 9.84 Å². The quantitative estimate of drug-likeness (QED) is 0.397. The van der Waals surface area contributed by atoms with Gasteiger partial charge in [-0.05, 0) is 77.8 Å². The Balaban J connectivity index is 1.36. The smallest absolute Gasteiger partial charge is 0.319 e. The van der Waals surface area contributed by atoms with E-state index >= 15 is 0 Å². The van der Waals surface area contributed by atoms with Crippen molar-refractivity contribution in [2.75, 3.05) is 5.32 Å². The van der Waals surface area contributed by atoms with E-state index in [4.69, 9.17) is 23.2 Å². The van der Waals surface area contributed by atoms with Crippen LogP contribution in [0.2, 0.25) is 10.0 Å². The highest BCUT2D eigenvalue weighted by Gasteiger charge is 2.19. The maximum Gasteiger partial charge on any atom is 0.319 e. The molecule has 3 aromatic carbocycles. The molecular formula is C26H26Cl2N2O3S. The number of carbonyl (C=O) groups excluding carboxylic acids is 1. The molecule has 4 rings (SSSR count). The summed E-state index contributed by atoms with van der Waals surface area (Å²) in [6.45, 7) is 2.45. The van der Waals surface area contributed by atoms with E-state index in [1.54, 1.807) is 30.3 Å². The number of aryl methyl sites for hydroxylation is 1. The van der Waals surface area contributed by atoms with Crippen LogP contribution in [0.5, 0.6) is 0 Å². The fraction of sp³-hybridized carbons (Fsp3) is 0.269. The second-order valence-electron chi connectivity index (χ2n) is 8.76. The Hall–Kier alpha value is -2.54. The van der Waals surface area contributed by atoms with Gasteiger partial charge >= 0.3 is 6.03 Å². The molecule has 34 heavy (non-hydrogen) atoms. The second-order valence-corrected chi connectivity index (χ2v) is 11.5. The zero-order chi connectivity index (χ0) is 24.3. The first kappa shape index (κ1) is 24.6. The van der Waals surface area contributed by atoms with Crippen LogP contribution in [0.3, 0.4) is 0 Å². The normalized spacial score (nSPS) is 15.4. The molecule has 2 amide bonds. The third-order valence-electron chi connectivity index (χ3n) is 6.04. The van der Waals surface area contributed by atoms with E-state index < -0.39 is 15.9 Å². The molecule has 178 valence electrons. The number of anilines is 1. The number of urea groups is 1. The van der Waals surface area contributed by atoms with Crippen molar-refractivity contribution in [2.24, 2.45) is 5.92 Å². The molecule has 0 radical (unpaired) electrons. The number of nitrogens with one attached hydrogen (secondary N) is 2. The minimum Gasteiger partial charge on any atom is -0.334 e. The molecule has 0 saturated heterocycles. The van der Waals surface area contributed by atoms with Crippen molar-refractivity contribution >= 4 is 44.8 Å². The highest BCUT2D eigenvalue weighted by atomic mass is 35.5. The van der Waals surface area contributed by atoms with Gasteiger partial charge in [-0.2, -0.15) is 0 Å². The first-order valence-electron chi connectivity index (χ1n) is 11.1. The lowest BCUT2D eigenvalue weighted by Crippen LogP contribution is -2.28. The standard InChI is InChI=1S/C26H26Cl2N2O3S/c1-17-5-7-20-14-18(6-8-19(20)13-17)16-34(32,33)23-11-9-22(10-12-23)30-26(31)29-15-21-3-2-4-24(27)25(21)28/h2-4,6,8-12,14,17H,5,7,13,15-16H2,1H3,(H2,29,30,31). The van der Waals surface area contributed by atoms with Crippen LogP contribution >= 0.6 is 23.2 Å². The first-order valence-corrected chi connectivity index (χ1v) is 13.5. The van der Waals surface area contributed by atoms with Gasteiger partial charge in [0.25, 0.3) is 0 Å². The lowest BCUT2D eigenvalue weighted by molar-refractivity contribution is 0.251. The Labute approximate surface area is 210 Å². The topological polar surface area (TPSA) is 75.3 Å². The van der Waals surface area contributed by atoms with Crippen LogP contribution in [-0.2, 0) is 35.0 Å². The van der Waals surface area contributed by atoms with Gasteiger partial charge in [-0.15, -0.1) is 0 Å². The fourth-order valence-electron chi connectivity index (χ4n) is 4.16. The lowest BCUT2D eigenvalue weighted by Gasteiger charge is -2.22. The molecule has 5 nitrogen and oxygen atoms in total. The summed E-state index contributed by atoms with van der Waals surface area (Å²) in [6, 6.07) is 17.0. The maximum absolute atomic E-state index is 13.0. The van der Waals surface area contributed by atoms with E-state index in [1.807, 2.05) is 12.1 Å². The van der Waals surface area contributed by atoms with Crippen molar-refractivity contribution in [1.29, 1.82) is 0 Å². The van der Waals surface area contributed by atoms with Gasteiger partial charge < -0.3 is 10.6 Å². The van der Waals surface area contributed by atoms with Crippen LogP contribution in [0.25, 0.3) is 0 Å². The van der Waals surface area contributed by atoms with Gasteiger partial charge in [-0.1, -0.05) is 60.5 Å². The number of amides is 2. The van der Waals surface area contributed by atoms with Gasteiger partial charge in [0.1, 0.15) is 0 Å². The van der Waals surface area contributed by atoms with E-state index in [0.717, 1.165) is 24.8 Å². The van der Waals surface area contributed by atoms with Crippen molar-refractivity contribution in [3.63, 3.8) is 0 Å². The predicted octanol–water partition coefficient (Wildman–Crippen LogP) is 6.41. The van der Waals surface area contributed by atoms with Gasteiger partial charge in [0, 0.05) is 12.2 Å². The molecule has 0 aromatic heterocycles. The van der Waals surface area contributed by atoms with Gasteiger partial charge in [-0.25, -0.2) is 13.2 Å². The average Bonchev–Trinajstić information content (AvgIpc) is 2.80. The molecule has 0 heterocycles. The largest absolute Gasteiger partial charge is 0.334 e. The number of rotatable bonds is 6. The van der Waals surface area contributed by atoms with Crippen LogP contribution in [0, 0.1) is 5.92 Å². The molecule has 0 saturated carbocycles. The minimum atomic E-state index is -3.51. The highest BCUT2D eigenvalue weighted by Crippen LogP contribution is 2.28. The Morgan fingerprint density at radius 3 is 2.56 bits per heavy atom. The molecule has 2 N–H and O–H groups in total. The number of hydrogen-bond acceptors (Lipinski definition) is 3. The Morgan fingerprint density at radius 1 is 1.03 bits per heavy atom. The van der Waals surface area contributed by atoms with E-state index in [1.165, 1.54) is 23.3 Å². The van der Waals surface area contributed by atoms with E-state index in [2.05, 4.69) is 23.6 Å². The first-order chi connectivity index (χ1) is 16.2. The van der Waals surface area contributed by atoms with Crippen molar-refractivity contribution in [2.45, 2.75) is 43.4 Å². The molecule has 0 bridgehead atoms. The molecule has 0 spiro atoms. The fourth-order valence-corrected chi connectivity index (χ4v) is 5.89. The van der Waals surface area contributed by atoms with Gasteiger partial charge in [0.2, 0.25) is 0 Å². The van der Waals surface area contributed by atoms with E-state index in [0.29, 0.717) is 27.2 Å². The summed E-state index contributed by atoms with van der Waals surface area (Å²) in [4.78, 5) is 12.4. The third-order valence-corrected chi connectivity index (χ3v) is 8.61. The number of halogens is 2. The summed E-state index contributed by atoms with van der Waals surface area (Å²) in [5, 5.41) is 6.22. The van der Waals surface area contributed by atoms with Crippen molar-refractivity contribution in [3.8, 4) is 0 Å². The summed E-state index contributed by atoms with van der Waals surface area (Å²) in [5.41, 5.74) is 4.57. The second kappa shape index (κ2) is 10.4.